The molecular weight excluding hydrogens is 310 g/mol. The van der Waals surface area contributed by atoms with Gasteiger partial charge < -0.3 is 10.4 Å². The maximum atomic E-state index is 11.2. The van der Waals surface area contributed by atoms with Crippen molar-refractivity contribution in [3.8, 4) is 0 Å². The van der Waals surface area contributed by atoms with Crippen molar-refractivity contribution in [2.75, 3.05) is 5.32 Å². The molecule has 0 aromatic heterocycles. The standard InChI is InChI=1S/C19H16ClNO2/c20-13-7-4-11(5-8-13)18-15-3-1-2-14(15)16-10-12(19(22)23)6-9-17(16)21-18/h1-2,4-10,14-15,18,21H,3H2,(H,22,23)/t14-,15+,18+/m0/s1. The van der Waals surface area contributed by atoms with Crippen LogP contribution in [0.2, 0.25) is 5.02 Å². The fourth-order valence-electron chi connectivity index (χ4n) is 3.73. The SMILES string of the molecule is O=C(O)c1ccc2c(c1)[C@H]1C=CC[C@H]1[C@@H](c1ccc(Cl)cc1)N2. The molecule has 1 heterocycles. The monoisotopic (exact) mass is 325 g/mol. The van der Waals surface area contributed by atoms with Gasteiger partial charge in [0.1, 0.15) is 0 Å². The summed E-state index contributed by atoms with van der Waals surface area (Å²) in [5.41, 5.74) is 3.65. The lowest BCUT2D eigenvalue weighted by molar-refractivity contribution is 0.0696. The summed E-state index contributed by atoms with van der Waals surface area (Å²) in [6.45, 7) is 0. The zero-order chi connectivity index (χ0) is 16.0. The molecule has 3 nitrogen and oxygen atoms in total. The number of rotatable bonds is 2. The Labute approximate surface area is 139 Å². The Hall–Kier alpha value is -2.26. The molecule has 2 N–H and O–H groups in total. The van der Waals surface area contributed by atoms with Gasteiger partial charge in [0.2, 0.25) is 0 Å². The number of halogens is 1. The number of benzene rings is 2. The maximum absolute atomic E-state index is 11.2. The second-order valence-electron chi connectivity index (χ2n) is 6.13. The van der Waals surface area contributed by atoms with E-state index in [1.54, 1.807) is 12.1 Å². The van der Waals surface area contributed by atoms with Crippen LogP contribution in [0.5, 0.6) is 0 Å². The molecule has 2 aromatic rings. The third-order valence-electron chi connectivity index (χ3n) is 4.84. The van der Waals surface area contributed by atoms with Crippen molar-refractivity contribution in [1.29, 1.82) is 0 Å². The van der Waals surface area contributed by atoms with E-state index >= 15 is 0 Å². The first kappa shape index (κ1) is 14.3. The number of carboxylic acid groups (broad SMARTS) is 1. The highest BCUT2D eigenvalue weighted by atomic mass is 35.5. The van der Waals surface area contributed by atoms with E-state index < -0.39 is 5.97 Å². The molecule has 0 spiro atoms. The Morgan fingerprint density at radius 1 is 1.17 bits per heavy atom. The van der Waals surface area contributed by atoms with Gasteiger partial charge in [-0.3, -0.25) is 0 Å². The molecule has 1 aliphatic carbocycles. The van der Waals surface area contributed by atoms with E-state index in [-0.39, 0.29) is 12.0 Å². The summed E-state index contributed by atoms with van der Waals surface area (Å²) in [7, 11) is 0. The van der Waals surface area contributed by atoms with Crippen molar-refractivity contribution in [3.05, 3.63) is 76.3 Å². The highest BCUT2D eigenvalue weighted by Crippen LogP contribution is 2.49. The van der Waals surface area contributed by atoms with Crippen LogP contribution in [-0.2, 0) is 0 Å². The van der Waals surface area contributed by atoms with Crippen LogP contribution in [0, 0.1) is 5.92 Å². The van der Waals surface area contributed by atoms with Crippen molar-refractivity contribution in [2.24, 2.45) is 5.92 Å². The molecule has 4 heteroatoms. The Morgan fingerprint density at radius 3 is 2.70 bits per heavy atom. The number of hydrogen-bond acceptors (Lipinski definition) is 2. The van der Waals surface area contributed by atoms with E-state index in [0.29, 0.717) is 11.5 Å². The second kappa shape index (κ2) is 5.43. The molecule has 0 unspecified atom stereocenters. The predicted octanol–water partition coefficient (Wildman–Crippen LogP) is 4.86. The van der Waals surface area contributed by atoms with Gasteiger partial charge in [-0.25, -0.2) is 4.79 Å². The fraction of sp³-hybridized carbons (Fsp3) is 0.211. The van der Waals surface area contributed by atoms with Gasteiger partial charge in [-0.1, -0.05) is 35.9 Å². The topological polar surface area (TPSA) is 49.3 Å². The minimum absolute atomic E-state index is 0.204. The third kappa shape index (κ3) is 2.41. The van der Waals surface area contributed by atoms with Crippen LogP contribution in [0.4, 0.5) is 5.69 Å². The fourth-order valence-corrected chi connectivity index (χ4v) is 3.85. The number of hydrogen-bond donors (Lipinski definition) is 2. The first-order valence-electron chi connectivity index (χ1n) is 7.69. The number of fused-ring (bicyclic) bond motifs is 3. The third-order valence-corrected chi connectivity index (χ3v) is 5.09. The molecule has 2 aromatic carbocycles. The van der Waals surface area contributed by atoms with Gasteiger partial charge in [0.25, 0.3) is 0 Å². The average Bonchev–Trinajstić information content (AvgIpc) is 3.04. The normalized spacial score (nSPS) is 24.7. The maximum Gasteiger partial charge on any atom is 0.335 e. The molecule has 0 amide bonds. The molecule has 0 saturated carbocycles. The summed E-state index contributed by atoms with van der Waals surface area (Å²) in [5, 5.41) is 13.6. The summed E-state index contributed by atoms with van der Waals surface area (Å²) in [4.78, 5) is 11.2. The molecule has 1 aliphatic heterocycles. The largest absolute Gasteiger partial charge is 0.478 e. The minimum atomic E-state index is -0.883. The van der Waals surface area contributed by atoms with Crippen LogP contribution in [0.1, 0.15) is 39.9 Å². The Bertz CT molecular complexity index is 798. The molecule has 3 atom stereocenters. The lowest BCUT2D eigenvalue weighted by atomic mass is 9.76. The number of carbonyl (C=O) groups is 1. The first-order valence-corrected chi connectivity index (χ1v) is 8.07. The number of nitrogens with one attached hydrogen (secondary N) is 1. The van der Waals surface area contributed by atoms with Gasteiger partial charge in [-0.15, -0.1) is 0 Å². The summed E-state index contributed by atoms with van der Waals surface area (Å²) in [5.74, 6) is -0.231. The van der Waals surface area contributed by atoms with Crippen molar-refractivity contribution in [3.63, 3.8) is 0 Å². The first-order chi connectivity index (χ1) is 11.1. The number of anilines is 1. The summed E-state index contributed by atoms with van der Waals surface area (Å²) in [6, 6.07) is 13.5. The van der Waals surface area contributed by atoms with E-state index in [1.807, 2.05) is 18.2 Å². The molecule has 0 saturated heterocycles. The summed E-state index contributed by atoms with van der Waals surface area (Å²) >= 11 is 6.00. The van der Waals surface area contributed by atoms with Gasteiger partial charge in [0.05, 0.1) is 11.6 Å². The molecule has 0 fully saturated rings. The molecular formula is C19H16ClNO2. The van der Waals surface area contributed by atoms with Crippen molar-refractivity contribution in [1.82, 2.24) is 0 Å². The number of allylic oxidation sites excluding steroid dienone is 2. The Kier molecular flexibility index (Phi) is 3.38. The van der Waals surface area contributed by atoms with Crippen LogP contribution >= 0.6 is 11.6 Å². The Morgan fingerprint density at radius 2 is 1.96 bits per heavy atom. The van der Waals surface area contributed by atoms with Crippen molar-refractivity contribution >= 4 is 23.3 Å². The highest BCUT2D eigenvalue weighted by molar-refractivity contribution is 6.30. The molecule has 116 valence electrons. The van der Waals surface area contributed by atoms with Gasteiger partial charge in [0, 0.05) is 16.6 Å². The van der Waals surface area contributed by atoms with Crippen LogP contribution in [-0.4, -0.2) is 11.1 Å². The van der Waals surface area contributed by atoms with E-state index in [4.69, 9.17) is 11.6 Å². The van der Waals surface area contributed by atoms with E-state index in [2.05, 4.69) is 29.6 Å². The van der Waals surface area contributed by atoms with Crippen molar-refractivity contribution < 1.29 is 9.90 Å². The smallest absolute Gasteiger partial charge is 0.335 e. The zero-order valence-electron chi connectivity index (χ0n) is 12.4. The van der Waals surface area contributed by atoms with Crippen molar-refractivity contribution in [2.45, 2.75) is 18.4 Å². The quantitative estimate of drug-likeness (QED) is 0.775. The van der Waals surface area contributed by atoms with E-state index in [9.17, 15) is 9.90 Å². The minimum Gasteiger partial charge on any atom is -0.478 e. The average molecular weight is 326 g/mol. The molecule has 4 rings (SSSR count). The number of aromatic carboxylic acids is 1. The highest BCUT2D eigenvalue weighted by Gasteiger charge is 2.38. The van der Waals surface area contributed by atoms with Crippen LogP contribution in [0.3, 0.4) is 0 Å². The summed E-state index contributed by atoms with van der Waals surface area (Å²) < 4.78 is 0. The van der Waals surface area contributed by atoms with Crippen LogP contribution in [0.15, 0.2) is 54.6 Å². The molecule has 0 radical (unpaired) electrons. The molecule has 2 aliphatic rings. The lowest BCUT2D eigenvalue weighted by Crippen LogP contribution is -2.29. The van der Waals surface area contributed by atoms with Gasteiger partial charge >= 0.3 is 5.97 Å². The Balaban J connectivity index is 1.77. The van der Waals surface area contributed by atoms with Crippen LogP contribution in [0.25, 0.3) is 0 Å². The predicted molar refractivity (Wildman–Crippen MR) is 91.2 cm³/mol. The molecule has 23 heavy (non-hydrogen) atoms. The molecule has 0 bridgehead atoms. The number of carboxylic acids is 1. The van der Waals surface area contributed by atoms with Gasteiger partial charge in [-0.2, -0.15) is 0 Å². The second-order valence-corrected chi connectivity index (χ2v) is 6.57. The van der Waals surface area contributed by atoms with Crippen LogP contribution < -0.4 is 5.32 Å². The van der Waals surface area contributed by atoms with Gasteiger partial charge in [0.15, 0.2) is 0 Å². The lowest BCUT2D eigenvalue weighted by Gasteiger charge is -2.37. The summed E-state index contributed by atoms with van der Waals surface area (Å²) in [6.07, 6.45) is 5.39. The zero-order valence-corrected chi connectivity index (χ0v) is 13.1. The van der Waals surface area contributed by atoms with Gasteiger partial charge in [-0.05, 0) is 53.8 Å². The van der Waals surface area contributed by atoms with E-state index in [1.165, 1.54) is 5.56 Å². The van der Waals surface area contributed by atoms with E-state index in [0.717, 1.165) is 22.7 Å².